The molecule has 1 heterocycles. The lowest BCUT2D eigenvalue weighted by Crippen LogP contribution is -2.05. The van der Waals surface area contributed by atoms with Gasteiger partial charge in [-0.25, -0.2) is 4.98 Å². The minimum atomic E-state index is -4.36. The van der Waals surface area contributed by atoms with E-state index in [1.54, 1.807) is 6.07 Å². The molecule has 0 bridgehead atoms. The highest BCUT2D eigenvalue weighted by Crippen LogP contribution is 2.35. The molecule has 0 fully saturated rings. The second kappa shape index (κ2) is 6.52. The van der Waals surface area contributed by atoms with Crippen molar-refractivity contribution >= 4 is 22.2 Å². The first-order chi connectivity index (χ1) is 11.7. The largest absolute Gasteiger partial charge is 0.416 e. The molecule has 0 radical (unpaired) electrons. The Bertz CT molecular complexity index is 913. The van der Waals surface area contributed by atoms with Crippen molar-refractivity contribution in [2.75, 3.05) is 5.32 Å². The van der Waals surface area contributed by atoms with Crippen LogP contribution in [0.15, 0.2) is 42.5 Å². The average molecular weight is 362 g/mol. The van der Waals surface area contributed by atoms with E-state index in [0.717, 1.165) is 33.8 Å². The molecule has 0 atom stereocenters. The molecule has 2 nitrogen and oxygen atoms in total. The summed E-state index contributed by atoms with van der Waals surface area (Å²) in [5.74, 6) is 0. The number of alkyl halides is 3. The van der Waals surface area contributed by atoms with Crippen LogP contribution in [0.1, 0.15) is 21.6 Å². The van der Waals surface area contributed by atoms with Crippen molar-refractivity contribution in [1.82, 2.24) is 4.98 Å². The maximum absolute atomic E-state index is 12.8. The monoisotopic (exact) mass is 362 g/mol. The van der Waals surface area contributed by atoms with Crippen LogP contribution in [0.3, 0.4) is 0 Å². The zero-order valence-corrected chi connectivity index (χ0v) is 14.8. The van der Waals surface area contributed by atoms with E-state index in [9.17, 15) is 13.2 Å². The van der Waals surface area contributed by atoms with E-state index in [0.29, 0.717) is 10.8 Å². The van der Waals surface area contributed by atoms with Crippen LogP contribution in [0.25, 0.3) is 11.3 Å². The SMILES string of the molecule is Cc1ccc(-c2nc(Nc3cccc(C(F)(F)F)c3)sc2C)c(C)c1. The summed E-state index contributed by atoms with van der Waals surface area (Å²) in [5.41, 5.74) is 3.89. The van der Waals surface area contributed by atoms with Crippen molar-refractivity contribution in [2.24, 2.45) is 0 Å². The summed E-state index contributed by atoms with van der Waals surface area (Å²) in [5, 5.41) is 3.56. The Morgan fingerprint density at radius 1 is 1.00 bits per heavy atom. The van der Waals surface area contributed by atoms with E-state index in [1.165, 1.54) is 23.0 Å². The second-order valence-corrected chi connectivity index (χ2v) is 7.15. The number of aromatic nitrogens is 1. The number of anilines is 2. The van der Waals surface area contributed by atoms with Crippen molar-refractivity contribution in [1.29, 1.82) is 0 Å². The van der Waals surface area contributed by atoms with Gasteiger partial charge in [0.1, 0.15) is 0 Å². The van der Waals surface area contributed by atoms with Gasteiger partial charge in [0.2, 0.25) is 0 Å². The van der Waals surface area contributed by atoms with Crippen molar-refractivity contribution < 1.29 is 13.2 Å². The Balaban J connectivity index is 1.91. The molecule has 2 aromatic carbocycles. The maximum Gasteiger partial charge on any atom is 0.416 e. The Labute approximate surface area is 148 Å². The van der Waals surface area contributed by atoms with Crippen molar-refractivity contribution in [3.05, 3.63) is 64.0 Å². The van der Waals surface area contributed by atoms with E-state index < -0.39 is 11.7 Å². The van der Waals surface area contributed by atoms with Gasteiger partial charge in [-0.1, -0.05) is 29.8 Å². The summed E-state index contributed by atoms with van der Waals surface area (Å²) in [7, 11) is 0. The van der Waals surface area contributed by atoms with Gasteiger partial charge in [-0.2, -0.15) is 13.2 Å². The number of halogens is 3. The quantitative estimate of drug-likeness (QED) is 0.575. The summed E-state index contributed by atoms with van der Waals surface area (Å²) in [6.45, 7) is 6.02. The summed E-state index contributed by atoms with van der Waals surface area (Å²) < 4.78 is 38.5. The number of rotatable bonds is 3. The lowest BCUT2D eigenvalue weighted by molar-refractivity contribution is -0.137. The molecule has 3 aromatic rings. The molecule has 0 saturated carbocycles. The first-order valence-electron chi connectivity index (χ1n) is 7.73. The molecule has 0 unspecified atom stereocenters. The van der Waals surface area contributed by atoms with Gasteiger partial charge in [0.15, 0.2) is 5.13 Å². The van der Waals surface area contributed by atoms with E-state index >= 15 is 0 Å². The first kappa shape index (κ1) is 17.5. The van der Waals surface area contributed by atoms with Crippen LogP contribution in [0.5, 0.6) is 0 Å². The highest BCUT2D eigenvalue weighted by Gasteiger charge is 2.30. The van der Waals surface area contributed by atoms with Crippen molar-refractivity contribution in [3.8, 4) is 11.3 Å². The smallest absolute Gasteiger partial charge is 0.332 e. The minimum Gasteiger partial charge on any atom is -0.332 e. The minimum absolute atomic E-state index is 0.371. The van der Waals surface area contributed by atoms with Crippen LogP contribution in [-0.2, 0) is 6.18 Å². The van der Waals surface area contributed by atoms with Crippen molar-refractivity contribution in [3.63, 3.8) is 0 Å². The zero-order chi connectivity index (χ0) is 18.2. The van der Waals surface area contributed by atoms with Crippen LogP contribution in [-0.4, -0.2) is 4.98 Å². The maximum atomic E-state index is 12.8. The number of nitrogens with one attached hydrogen (secondary N) is 1. The predicted molar refractivity (Wildman–Crippen MR) is 96.5 cm³/mol. The molecule has 0 aliphatic carbocycles. The van der Waals surface area contributed by atoms with Gasteiger partial charge in [-0.15, -0.1) is 11.3 Å². The van der Waals surface area contributed by atoms with Gasteiger partial charge in [-0.3, -0.25) is 0 Å². The lowest BCUT2D eigenvalue weighted by Gasteiger charge is -2.09. The lowest BCUT2D eigenvalue weighted by atomic mass is 10.0. The summed E-state index contributed by atoms with van der Waals surface area (Å²) in [6, 6.07) is 11.3. The standard InChI is InChI=1S/C19H17F3N2S/c1-11-7-8-16(12(2)9-11)17-13(3)25-18(24-17)23-15-6-4-5-14(10-15)19(20,21)22/h4-10H,1-3H3,(H,23,24). The van der Waals surface area contributed by atoms with Crippen LogP contribution >= 0.6 is 11.3 Å². The predicted octanol–water partition coefficient (Wildman–Crippen LogP) is 6.50. The van der Waals surface area contributed by atoms with E-state index in [4.69, 9.17) is 0 Å². The number of hydrogen-bond acceptors (Lipinski definition) is 3. The topological polar surface area (TPSA) is 24.9 Å². The van der Waals surface area contributed by atoms with Gasteiger partial charge in [0.05, 0.1) is 11.3 Å². The summed E-state index contributed by atoms with van der Waals surface area (Å²) >= 11 is 1.43. The Morgan fingerprint density at radius 2 is 1.76 bits per heavy atom. The third kappa shape index (κ3) is 3.85. The molecule has 3 rings (SSSR count). The van der Waals surface area contributed by atoms with Gasteiger partial charge in [0.25, 0.3) is 0 Å². The molecule has 25 heavy (non-hydrogen) atoms. The fourth-order valence-corrected chi connectivity index (χ4v) is 3.52. The van der Waals surface area contributed by atoms with E-state index in [1.807, 2.05) is 32.9 Å². The Hall–Kier alpha value is -2.34. The fourth-order valence-electron chi connectivity index (χ4n) is 2.68. The number of nitrogens with zero attached hydrogens (tertiary/aromatic N) is 1. The Morgan fingerprint density at radius 3 is 2.44 bits per heavy atom. The molecule has 0 aliphatic rings. The average Bonchev–Trinajstić information content (AvgIpc) is 2.87. The van der Waals surface area contributed by atoms with Gasteiger partial charge in [-0.05, 0) is 44.5 Å². The van der Waals surface area contributed by atoms with Crippen LogP contribution < -0.4 is 5.32 Å². The molecule has 0 aliphatic heterocycles. The number of hydrogen-bond donors (Lipinski definition) is 1. The summed E-state index contributed by atoms with van der Waals surface area (Å²) in [6.07, 6.45) is -4.36. The van der Waals surface area contributed by atoms with Gasteiger partial charge >= 0.3 is 6.18 Å². The molecule has 0 spiro atoms. The van der Waals surface area contributed by atoms with Gasteiger partial charge < -0.3 is 5.32 Å². The van der Waals surface area contributed by atoms with Crippen LogP contribution in [0.2, 0.25) is 0 Å². The highest BCUT2D eigenvalue weighted by molar-refractivity contribution is 7.16. The first-order valence-corrected chi connectivity index (χ1v) is 8.55. The molecule has 0 saturated heterocycles. The molecule has 0 amide bonds. The fraction of sp³-hybridized carbons (Fsp3) is 0.211. The zero-order valence-electron chi connectivity index (χ0n) is 14.0. The van der Waals surface area contributed by atoms with E-state index in [-0.39, 0.29) is 0 Å². The molecule has 6 heteroatoms. The Kier molecular flexibility index (Phi) is 4.56. The van der Waals surface area contributed by atoms with Crippen LogP contribution in [0.4, 0.5) is 24.0 Å². The molecule has 1 N–H and O–H groups in total. The molecular formula is C19H17F3N2S. The second-order valence-electron chi connectivity index (χ2n) is 5.95. The molecular weight excluding hydrogens is 345 g/mol. The third-order valence-corrected chi connectivity index (χ3v) is 4.76. The number of benzene rings is 2. The number of thiazole rings is 1. The third-order valence-electron chi connectivity index (χ3n) is 3.87. The van der Waals surface area contributed by atoms with Crippen LogP contribution in [0, 0.1) is 20.8 Å². The molecule has 1 aromatic heterocycles. The van der Waals surface area contributed by atoms with Gasteiger partial charge in [0, 0.05) is 16.1 Å². The number of aryl methyl sites for hydroxylation is 3. The summed E-state index contributed by atoms with van der Waals surface area (Å²) in [4.78, 5) is 5.60. The van der Waals surface area contributed by atoms with Crippen molar-refractivity contribution in [2.45, 2.75) is 26.9 Å². The highest BCUT2D eigenvalue weighted by atomic mass is 32.1. The normalized spacial score (nSPS) is 11.6. The van der Waals surface area contributed by atoms with E-state index in [2.05, 4.69) is 16.4 Å². The molecule has 130 valence electrons.